The molecule has 0 bridgehead atoms. The molecule has 0 aliphatic heterocycles. The molecule has 0 saturated carbocycles. The SMILES string of the molecule is CC(C)(C)c1ccc(-c2[c-]cccc2)nc1.[2H]c1c([2H])c([2H])c2c(c1[2H])c1c([2H])c([2H])c([2H])c([2H])c1n2-c1c(C#N)cc(F)c2c1oc1c(-c3ccccn3)[c-]ccc12.[Ir]. The molecule has 4 heterocycles. The summed E-state index contributed by atoms with van der Waals surface area (Å²) in [7, 11) is 0. The minimum absolute atomic E-state index is 0. The molecule has 7 heteroatoms. The van der Waals surface area contributed by atoms with Crippen LogP contribution in [0.2, 0.25) is 0 Å². The Morgan fingerprint density at radius 1 is 0.808 bits per heavy atom. The van der Waals surface area contributed by atoms with Gasteiger partial charge in [-0.05, 0) is 46.6 Å². The molecule has 0 unspecified atom stereocenters. The third kappa shape index (κ3) is 6.07. The van der Waals surface area contributed by atoms with Gasteiger partial charge in [0, 0.05) is 48.7 Å². The van der Waals surface area contributed by atoms with Crippen molar-refractivity contribution in [2.24, 2.45) is 0 Å². The van der Waals surface area contributed by atoms with Crippen molar-refractivity contribution >= 4 is 43.7 Å². The van der Waals surface area contributed by atoms with Gasteiger partial charge in [0.1, 0.15) is 23.2 Å². The second-order valence-electron chi connectivity index (χ2n) is 12.7. The van der Waals surface area contributed by atoms with Crippen molar-refractivity contribution in [2.45, 2.75) is 26.2 Å². The third-order valence-electron chi connectivity index (χ3n) is 8.54. The number of pyridine rings is 2. The minimum atomic E-state index is -0.795. The van der Waals surface area contributed by atoms with E-state index in [0.29, 0.717) is 16.6 Å². The molecule has 0 fully saturated rings. The maximum atomic E-state index is 15.8. The van der Waals surface area contributed by atoms with E-state index in [4.69, 9.17) is 15.4 Å². The fourth-order valence-corrected chi connectivity index (χ4v) is 6.06. The van der Waals surface area contributed by atoms with Crippen LogP contribution >= 0.6 is 0 Å². The Morgan fingerprint density at radius 2 is 1.54 bits per heavy atom. The smallest absolute Gasteiger partial charge is 0.149 e. The fourth-order valence-electron chi connectivity index (χ4n) is 6.06. The van der Waals surface area contributed by atoms with Crippen molar-refractivity contribution in [3.8, 4) is 34.3 Å². The molecule has 0 spiro atoms. The van der Waals surface area contributed by atoms with E-state index in [1.807, 2.05) is 36.5 Å². The van der Waals surface area contributed by atoms with E-state index in [9.17, 15) is 5.26 Å². The number of nitriles is 1. The molecule has 4 aromatic heterocycles. The topological polar surface area (TPSA) is 67.6 Å². The monoisotopic (exact) mass is 863 g/mol. The summed E-state index contributed by atoms with van der Waals surface area (Å²) in [6, 6.07) is 25.0. The van der Waals surface area contributed by atoms with E-state index in [-0.39, 0.29) is 75.1 Å². The Labute approximate surface area is 325 Å². The summed E-state index contributed by atoms with van der Waals surface area (Å²) in [5.74, 6) is -0.795. The Bertz CT molecular complexity index is 3120. The first-order valence-corrected chi connectivity index (χ1v) is 16.0. The Hall–Kier alpha value is -5.93. The van der Waals surface area contributed by atoms with Gasteiger partial charge < -0.3 is 19.0 Å². The molecule has 0 N–H and O–H groups in total. The third-order valence-corrected chi connectivity index (χ3v) is 8.54. The van der Waals surface area contributed by atoms with E-state index < -0.39 is 54.2 Å². The van der Waals surface area contributed by atoms with E-state index in [0.717, 1.165) is 21.9 Å². The predicted octanol–water partition coefficient (Wildman–Crippen LogP) is 11.4. The Kier molecular flexibility index (Phi) is 6.98. The van der Waals surface area contributed by atoms with Crippen LogP contribution in [-0.4, -0.2) is 14.5 Å². The van der Waals surface area contributed by atoms with Crippen molar-refractivity contribution < 1.29 is 39.9 Å². The van der Waals surface area contributed by atoms with Gasteiger partial charge in [-0.15, -0.1) is 54.1 Å². The van der Waals surface area contributed by atoms with Gasteiger partial charge in [-0.2, -0.15) is 5.26 Å². The van der Waals surface area contributed by atoms with Crippen LogP contribution in [0.25, 0.3) is 71.9 Å². The normalized spacial score (nSPS) is 13.4. The van der Waals surface area contributed by atoms with Crippen LogP contribution in [0, 0.1) is 29.3 Å². The van der Waals surface area contributed by atoms with Crippen LogP contribution in [0.5, 0.6) is 0 Å². The van der Waals surface area contributed by atoms with Gasteiger partial charge in [-0.25, -0.2) is 4.39 Å². The second kappa shape index (κ2) is 14.0. The standard InChI is InChI=1S/C30H15FN3O.C15H16N.Ir/c31-23-16-18(17-32)28(34-25-13-3-1-8-19(25)20-9-2-4-14-26(20)34)30-27(23)22-11-7-10-21(29(22)35-30)24-12-5-6-15-33-24;1-15(2,3)13-9-10-14(16-11-13)12-7-5-4-6-8-12;/h1-9,11-16H;4-7,9-11H,1-3H3;/q2*-1;/i1D,2D,3D,4D,8D,9D,13D,14D;;. The van der Waals surface area contributed by atoms with Crippen molar-refractivity contribution in [3.05, 3.63) is 163 Å². The zero-order chi connectivity index (χ0) is 42.1. The number of halogens is 1. The fraction of sp³-hybridized carbons (Fsp3) is 0.0889. The molecule has 255 valence electrons. The summed E-state index contributed by atoms with van der Waals surface area (Å²) >= 11 is 0. The van der Waals surface area contributed by atoms with Crippen LogP contribution in [0.4, 0.5) is 4.39 Å². The molecule has 0 amide bonds. The molecule has 0 aliphatic carbocycles. The number of rotatable bonds is 3. The van der Waals surface area contributed by atoms with Crippen LogP contribution in [-0.2, 0) is 25.5 Å². The summed E-state index contributed by atoms with van der Waals surface area (Å²) in [5.41, 5.74) is 3.50. The van der Waals surface area contributed by atoms with Crippen LogP contribution < -0.4 is 0 Å². The van der Waals surface area contributed by atoms with Gasteiger partial charge in [0.25, 0.3) is 0 Å². The van der Waals surface area contributed by atoms with E-state index in [1.165, 1.54) is 5.56 Å². The second-order valence-corrected chi connectivity index (χ2v) is 12.7. The number of furan rings is 1. The van der Waals surface area contributed by atoms with Gasteiger partial charge in [-0.3, -0.25) is 0 Å². The number of hydrogen-bond donors (Lipinski definition) is 0. The average molecular weight is 863 g/mol. The summed E-state index contributed by atoms with van der Waals surface area (Å²) in [5, 5.41) is 10.1. The summed E-state index contributed by atoms with van der Waals surface area (Å²) in [6.45, 7) is 6.58. The number of benzene rings is 5. The molecule has 52 heavy (non-hydrogen) atoms. The molecule has 1 radical (unpaired) electrons. The average Bonchev–Trinajstić information content (AvgIpc) is 3.82. The van der Waals surface area contributed by atoms with Gasteiger partial charge in [0.15, 0.2) is 0 Å². The zero-order valence-electron chi connectivity index (χ0n) is 36.0. The largest absolute Gasteiger partial charge is 0.498 e. The summed E-state index contributed by atoms with van der Waals surface area (Å²) < 4.78 is 91.5. The maximum Gasteiger partial charge on any atom is 0.149 e. The minimum Gasteiger partial charge on any atom is -0.498 e. The quantitative estimate of drug-likeness (QED) is 0.166. The molecular weight excluding hydrogens is 824 g/mol. The molecule has 0 aliphatic rings. The summed E-state index contributed by atoms with van der Waals surface area (Å²) in [4.78, 5) is 8.83. The number of nitrogens with zero attached hydrogens (tertiary/aromatic N) is 4. The first-order chi connectivity index (χ1) is 28.1. The predicted molar refractivity (Wildman–Crippen MR) is 202 cm³/mol. The molecule has 9 aromatic rings. The van der Waals surface area contributed by atoms with E-state index in [2.05, 4.69) is 55.0 Å². The van der Waals surface area contributed by atoms with Gasteiger partial charge in [0.05, 0.1) is 33.1 Å². The van der Waals surface area contributed by atoms with Gasteiger partial charge in [-0.1, -0.05) is 92.2 Å². The van der Waals surface area contributed by atoms with Gasteiger partial charge in [0.2, 0.25) is 0 Å². The zero-order valence-corrected chi connectivity index (χ0v) is 30.4. The van der Waals surface area contributed by atoms with Crippen molar-refractivity contribution in [3.63, 3.8) is 0 Å². The molecule has 0 atom stereocenters. The van der Waals surface area contributed by atoms with Crippen molar-refractivity contribution in [1.82, 2.24) is 14.5 Å². The summed E-state index contributed by atoms with van der Waals surface area (Å²) in [6.07, 6.45) is 3.53. The first kappa shape index (κ1) is 25.9. The van der Waals surface area contributed by atoms with Crippen LogP contribution in [0.1, 0.15) is 42.9 Å². The number of para-hydroxylation sites is 2. The van der Waals surface area contributed by atoms with Crippen molar-refractivity contribution in [1.29, 1.82) is 5.26 Å². The molecule has 9 rings (SSSR count). The van der Waals surface area contributed by atoms with Crippen LogP contribution in [0.3, 0.4) is 0 Å². The number of fused-ring (bicyclic) bond motifs is 6. The van der Waals surface area contributed by atoms with Crippen molar-refractivity contribution in [2.75, 3.05) is 0 Å². The molecular formula is C45H31FIrN4O-2. The first-order valence-electron chi connectivity index (χ1n) is 20.0. The molecule has 0 saturated heterocycles. The van der Waals surface area contributed by atoms with Gasteiger partial charge >= 0.3 is 0 Å². The Balaban J connectivity index is 0.000000270. The Morgan fingerprint density at radius 3 is 2.15 bits per heavy atom. The number of hydrogen-bond acceptors (Lipinski definition) is 4. The van der Waals surface area contributed by atoms with E-state index in [1.54, 1.807) is 36.5 Å². The molecule has 5 aromatic carbocycles. The van der Waals surface area contributed by atoms with E-state index >= 15 is 4.39 Å². The number of aromatic nitrogens is 3. The molecule has 5 nitrogen and oxygen atoms in total. The van der Waals surface area contributed by atoms with Crippen LogP contribution in [0.15, 0.2) is 138 Å². The maximum absolute atomic E-state index is 15.8.